The van der Waals surface area contributed by atoms with Crippen molar-refractivity contribution < 1.29 is 23.8 Å². The van der Waals surface area contributed by atoms with Crippen LogP contribution in [0.3, 0.4) is 0 Å². The van der Waals surface area contributed by atoms with Crippen LogP contribution in [0.2, 0.25) is 0 Å². The second-order valence-corrected chi connectivity index (χ2v) is 6.32. The van der Waals surface area contributed by atoms with Crippen molar-refractivity contribution in [1.82, 2.24) is 0 Å². The van der Waals surface area contributed by atoms with Crippen LogP contribution >= 0.6 is 23.2 Å². The maximum Gasteiger partial charge on any atom is 0.354 e. The molecule has 0 aromatic heterocycles. The van der Waals surface area contributed by atoms with Crippen molar-refractivity contribution in [2.24, 2.45) is 0 Å². The summed E-state index contributed by atoms with van der Waals surface area (Å²) in [7, 11) is 1.61. The van der Waals surface area contributed by atoms with Gasteiger partial charge in [-0.3, -0.25) is 4.79 Å². The number of benzene rings is 2. The smallest absolute Gasteiger partial charge is 0.354 e. The third kappa shape index (κ3) is 3.43. The molecule has 7 heteroatoms. The van der Waals surface area contributed by atoms with Gasteiger partial charge in [0.25, 0.3) is 6.29 Å². The average Bonchev–Trinajstić information content (AvgIpc) is 2.86. The number of hydrogen-bond acceptors (Lipinski definition) is 5. The van der Waals surface area contributed by atoms with Gasteiger partial charge in [0.05, 0.1) is 13.0 Å². The molecule has 2 aromatic carbocycles. The molecule has 2 atom stereocenters. The third-order valence-corrected chi connectivity index (χ3v) is 4.78. The number of rotatable bonds is 4. The highest BCUT2D eigenvalue weighted by Crippen LogP contribution is 2.31. The third-order valence-electron chi connectivity index (χ3n) is 3.96. The molecular weight excluding hydrogens is 367 g/mol. The lowest BCUT2D eigenvalue weighted by atomic mass is 9.98. The molecular formula is C18H14Cl2O5. The highest BCUT2D eigenvalue weighted by atomic mass is 35.5. The fourth-order valence-electron chi connectivity index (χ4n) is 2.46. The Morgan fingerprint density at radius 3 is 2.48 bits per heavy atom. The number of fused-ring (bicyclic) bond motifs is 1. The van der Waals surface area contributed by atoms with Crippen LogP contribution in [0.15, 0.2) is 46.5 Å². The maximum atomic E-state index is 12.3. The second-order valence-electron chi connectivity index (χ2n) is 5.53. The van der Waals surface area contributed by atoms with Crippen molar-refractivity contribution in [1.29, 1.82) is 0 Å². The molecule has 1 heterocycles. The first-order valence-corrected chi connectivity index (χ1v) is 8.20. The van der Waals surface area contributed by atoms with Crippen LogP contribution < -0.4 is 4.74 Å². The van der Waals surface area contributed by atoms with Crippen molar-refractivity contribution in [3.05, 3.63) is 52.0 Å². The minimum Gasteiger partial charge on any atom is -0.497 e. The highest BCUT2D eigenvalue weighted by molar-refractivity contribution is 6.48. The van der Waals surface area contributed by atoms with Gasteiger partial charge in [0.1, 0.15) is 15.8 Å². The number of carbonyl (C=O) groups is 2. The van der Waals surface area contributed by atoms with E-state index >= 15 is 0 Å². The first-order valence-electron chi connectivity index (χ1n) is 7.45. The first kappa shape index (κ1) is 17.6. The summed E-state index contributed by atoms with van der Waals surface area (Å²) in [5.74, 6) is -1.20. The summed E-state index contributed by atoms with van der Waals surface area (Å²) in [5, 5.41) is 1.56. The van der Waals surface area contributed by atoms with Gasteiger partial charge in [0, 0.05) is 0 Å². The Hall–Kier alpha value is -2.24. The van der Waals surface area contributed by atoms with Crippen LogP contribution in [0, 0.1) is 0 Å². The number of hydrogen-bond donors (Lipinski definition) is 0. The summed E-state index contributed by atoms with van der Waals surface area (Å²) in [4.78, 5) is 23.7. The zero-order valence-electron chi connectivity index (χ0n) is 13.4. The lowest BCUT2D eigenvalue weighted by molar-refractivity contribution is -0.174. The molecule has 0 N–H and O–H groups in total. The summed E-state index contributed by atoms with van der Waals surface area (Å²) in [5.41, 5.74) is 0.762. The summed E-state index contributed by atoms with van der Waals surface area (Å²) < 4.78 is 15.2. The largest absolute Gasteiger partial charge is 0.497 e. The van der Waals surface area contributed by atoms with E-state index in [1.54, 1.807) is 14.0 Å². The number of cyclic esters (lactones) is 1. The first-order chi connectivity index (χ1) is 11.9. The van der Waals surface area contributed by atoms with Crippen molar-refractivity contribution >= 4 is 45.9 Å². The number of ether oxygens (including phenoxy) is 3. The van der Waals surface area contributed by atoms with Gasteiger partial charge in [-0.25, -0.2) is 4.79 Å². The van der Waals surface area contributed by atoms with E-state index in [1.165, 1.54) is 0 Å². The van der Waals surface area contributed by atoms with Gasteiger partial charge in [0.15, 0.2) is 0 Å². The van der Waals surface area contributed by atoms with Crippen molar-refractivity contribution in [2.75, 3.05) is 7.11 Å². The average molecular weight is 381 g/mol. The molecule has 0 amide bonds. The van der Waals surface area contributed by atoms with Crippen LogP contribution in [0.4, 0.5) is 0 Å². The molecule has 0 saturated carbocycles. The Morgan fingerprint density at radius 2 is 1.84 bits per heavy atom. The molecule has 3 rings (SSSR count). The van der Waals surface area contributed by atoms with Gasteiger partial charge < -0.3 is 14.2 Å². The fourth-order valence-corrected chi connectivity index (χ4v) is 2.76. The summed E-state index contributed by atoms with van der Waals surface area (Å²) in [6.45, 7) is 1.70. The number of esters is 2. The number of carbonyl (C=O) groups excluding carboxylic acids is 2. The van der Waals surface area contributed by atoms with Gasteiger partial charge >= 0.3 is 11.9 Å². The zero-order valence-corrected chi connectivity index (χ0v) is 14.9. The minimum absolute atomic E-state index is 0.127. The van der Waals surface area contributed by atoms with E-state index in [2.05, 4.69) is 0 Å². The number of halogens is 2. The van der Waals surface area contributed by atoms with Crippen LogP contribution in [0.25, 0.3) is 10.8 Å². The van der Waals surface area contributed by atoms with E-state index < -0.39 is 24.1 Å². The van der Waals surface area contributed by atoms with Gasteiger partial charge in [-0.15, -0.1) is 0 Å². The van der Waals surface area contributed by atoms with E-state index in [9.17, 15) is 9.59 Å². The molecule has 0 saturated heterocycles. The second kappa shape index (κ2) is 6.94. The fraction of sp³-hybridized carbons (Fsp3) is 0.222. The molecule has 0 bridgehead atoms. The molecule has 0 unspecified atom stereocenters. The summed E-state index contributed by atoms with van der Waals surface area (Å²) in [6, 6.07) is 11.3. The van der Waals surface area contributed by atoms with Gasteiger partial charge in [-0.05, 0) is 35.4 Å². The van der Waals surface area contributed by atoms with Crippen molar-refractivity contribution in [3.63, 3.8) is 0 Å². The molecule has 0 spiro atoms. The molecule has 0 aliphatic carbocycles. The molecule has 1 aliphatic rings. The van der Waals surface area contributed by atoms with E-state index in [4.69, 9.17) is 37.4 Å². The monoisotopic (exact) mass is 380 g/mol. The maximum absolute atomic E-state index is 12.3. The van der Waals surface area contributed by atoms with Crippen LogP contribution in [-0.2, 0) is 19.1 Å². The van der Waals surface area contributed by atoms with Gasteiger partial charge in [-0.1, -0.05) is 47.5 Å². The SMILES string of the molecule is COc1ccc2cc([C@H](C)C(=O)O[C@@H]3OC(=O)C(Cl)=C3Cl)ccc2c1. The van der Waals surface area contributed by atoms with Crippen molar-refractivity contribution in [3.8, 4) is 5.75 Å². The zero-order chi connectivity index (χ0) is 18.1. The van der Waals surface area contributed by atoms with E-state index in [0.29, 0.717) is 0 Å². The Balaban J connectivity index is 1.78. The quantitative estimate of drug-likeness (QED) is 0.748. The number of methoxy groups -OCH3 is 1. The van der Waals surface area contributed by atoms with Crippen molar-refractivity contribution in [2.45, 2.75) is 19.1 Å². The Morgan fingerprint density at radius 1 is 1.16 bits per heavy atom. The normalized spacial score (nSPS) is 18.2. The molecule has 1 aliphatic heterocycles. The molecule has 25 heavy (non-hydrogen) atoms. The Kier molecular flexibility index (Phi) is 4.88. The van der Waals surface area contributed by atoms with E-state index in [1.807, 2.05) is 36.4 Å². The molecule has 0 radical (unpaired) electrons. The summed E-state index contributed by atoms with van der Waals surface area (Å²) in [6.07, 6.45) is -1.29. The minimum atomic E-state index is -1.29. The van der Waals surface area contributed by atoms with Gasteiger partial charge in [-0.2, -0.15) is 0 Å². The predicted molar refractivity (Wildman–Crippen MR) is 93.6 cm³/mol. The van der Waals surface area contributed by atoms with E-state index in [-0.39, 0.29) is 10.1 Å². The topological polar surface area (TPSA) is 61.8 Å². The molecule has 130 valence electrons. The predicted octanol–water partition coefficient (Wildman–Crippen LogP) is 4.07. The highest BCUT2D eigenvalue weighted by Gasteiger charge is 2.36. The van der Waals surface area contributed by atoms with Crippen LogP contribution in [0.1, 0.15) is 18.4 Å². The van der Waals surface area contributed by atoms with Crippen LogP contribution in [0.5, 0.6) is 5.75 Å². The molecule has 2 aromatic rings. The Bertz CT molecular complexity index is 890. The lowest BCUT2D eigenvalue weighted by Gasteiger charge is -2.16. The molecule has 5 nitrogen and oxygen atoms in total. The van der Waals surface area contributed by atoms with Crippen LogP contribution in [-0.4, -0.2) is 25.3 Å². The van der Waals surface area contributed by atoms with Gasteiger partial charge in [0.2, 0.25) is 0 Å². The standard InChI is InChI=1S/C18H14Cl2O5/c1-9(16(21)24-18-15(20)14(19)17(22)25-18)10-3-4-12-8-13(23-2)6-5-11(12)7-10/h3-9,18H,1-2H3/t9-,18+/m0/s1. The Labute approximate surface area is 154 Å². The van der Waals surface area contributed by atoms with E-state index in [0.717, 1.165) is 22.1 Å². The lowest BCUT2D eigenvalue weighted by Crippen LogP contribution is -2.23. The summed E-state index contributed by atoms with van der Waals surface area (Å²) >= 11 is 11.5. The molecule has 0 fully saturated rings.